The lowest BCUT2D eigenvalue weighted by molar-refractivity contribution is -0.161. The summed E-state index contributed by atoms with van der Waals surface area (Å²) in [7, 11) is -9.98. The van der Waals surface area contributed by atoms with E-state index in [0.29, 0.717) is 25.7 Å². The highest BCUT2D eigenvalue weighted by Crippen LogP contribution is 2.45. The molecule has 0 heterocycles. The third kappa shape index (κ3) is 77.1. The fourth-order valence-electron chi connectivity index (χ4n) is 10.6. The molecule has 5 atom stereocenters. The smallest absolute Gasteiger partial charge is 0.462 e. The number of phosphoric ester groups is 2. The van der Waals surface area contributed by atoms with Gasteiger partial charge in [0.2, 0.25) is 0 Å². The van der Waals surface area contributed by atoms with Gasteiger partial charge < -0.3 is 33.8 Å². The van der Waals surface area contributed by atoms with Crippen molar-refractivity contribution < 1.29 is 80.2 Å². The lowest BCUT2D eigenvalue weighted by Crippen LogP contribution is -2.30. The summed E-state index contributed by atoms with van der Waals surface area (Å²) in [5.74, 6) is -2.22. The minimum absolute atomic E-state index is 0.0717. The van der Waals surface area contributed by atoms with Crippen LogP contribution in [0.5, 0.6) is 0 Å². The number of aliphatic hydroxyl groups is 1. The maximum absolute atomic E-state index is 13.1. The Morgan fingerprint density at radius 3 is 0.755 bits per heavy atom. The molecule has 0 saturated carbocycles. The Kier molecular flexibility index (Phi) is 74.3. The van der Waals surface area contributed by atoms with Crippen molar-refractivity contribution in [1.82, 2.24) is 0 Å². The van der Waals surface area contributed by atoms with Gasteiger partial charge in [0.25, 0.3) is 0 Å². The molecule has 0 aliphatic rings. The van der Waals surface area contributed by atoms with E-state index in [2.05, 4.69) is 174 Å². The van der Waals surface area contributed by atoms with Crippen LogP contribution < -0.4 is 0 Å². The van der Waals surface area contributed by atoms with E-state index in [4.69, 9.17) is 37.0 Å². The van der Waals surface area contributed by atoms with Gasteiger partial charge in [0, 0.05) is 25.7 Å². The van der Waals surface area contributed by atoms with E-state index < -0.39 is 97.5 Å². The minimum Gasteiger partial charge on any atom is -0.462 e. The summed E-state index contributed by atoms with van der Waals surface area (Å²) < 4.78 is 68.7. The zero-order chi connectivity index (χ0) is 77.4. The van der Waals surface area contributed by atoms with Gasteiger partial charge in [0.05, 0.1) is 26.4 Å². The van der Waals surface area contributed by atoms with Crippen molar-refractivity contribution in [2.75, 3.05) is 39.6 Å². The van der Waals surface area contributed by atoms with E-state index in [1.807, 2.05) is 0 Å². The highest BCUT2D eigenvalue weighted by molar-refractivity contribution is 7.47. The third-order valence-electron chi connectivity index (χ3n) is 16.8. The second-order valence-corrected chi connectivity index (χ2v) is 29.8. The average molecular weight is 1530 g/mol. The first-order chi connectivity index (χ1) is 51.7. The number of phosphoric acid groups is 2. The Morgan fingerprint density at radius 1 is 0.274 bits per heavy atom. The van der Waals surface area contributed by atoms with Gasteiger partial charge in [-0.15, -0.1) is 0 Å². The van der Waals surface area contributed by atoms with Crippen molar-refractivity contribution in [3.8, 4) is 0 Å². The summed E-state index contributed by atoms with van der Waals surface area (Å²) in [5, 5.41) is 10.7. The second-order valence-electron chi connectivity index (χ2n) is 26.9. The molecule has 0 aliphatic carbocycles. The normalized spacial score (nSPS) is 14.6. The quantitative estimate of drug-likeness (QED) is 0.0169. The largest absolute Gasteiger partial charge is 0.472 e. The van der Waals surface area contributed by atoms with Crippen molar-refractivity contribution in [3.05, 3.63) is 146 Å². The maximum atomic E-state index is 13.1. The molecule has 0 radical (unpaired) electrons. The van der Waals surface area contributed by atoms with Crippen molar-refractivity contribution in [3.63, 3.8) is 0 Å². The van der Waals surface area contributed by atoms with E-state index in [-0.39, 0.29) is 25.7 Å². The molecule has 19 heteroatoms. The summed E-state index contributed by atoms with van der Waals surface area (Å²) >= 11 is 0. The van der Waals surface area contributed by atoms with Gasteiger partial charge in [-0.25, -0.2) is 9.13 Å². The topological polar surface area (TPSA) is 237 Å². The lowest BCUT2D eigenvalue weighted by atomic mass is 10.1. The average Bonchev–Trinajstić information content (AvgIpc) is 0.900. The van der Waals surface area contributed by atoms with Crippen molar-refractivity contribution >= 4 is 39.5 Å². The molecule has 106 heavy (non-hydrogen) atoms. The fraction of sp³-hybridized carbons (Fsp3) is 0.678. The standard InChI is InChI=1S/C87H146O17P2/c1-5-9-13-17-21-25-29-33-36-39-40-43-45-49-52-56-60-64-68-72-85(90)97-77-82(103-86(91)73-69-65-61-57-53-47-32-28-24-20-16-12-8-4)79-101-105(93,94)99-75-81(88)76-100-106(95,96)102-80-83(104-87(92)74-70-66-62-58-54-50-46-42-38-35-31-27-23-19-15-11-7-3)78-98-84(89)71-67-63-59-55-51-48-44-41-37-34-30-26-22-18-14-10-6-2/h9-11,13-16,20-23,25-28,32-38,40,43,81-83,88H,5-8,12,17-19,24,29-31,39,41-42,44-80H2,1-4H3,(H,93,94)(H,95,96)/b13-9-,14-10-,15-11-,20-16-,25-21-,26-22-,27-23-,32-28-,36-33-,37-34-,38-35-,43-40-. The molecule has 0 saturated heterocycles. The van der Waals surface area contributed by atoms with E-state index >= 15 is 0 Å². The first kappa shape index (κ1) is 101. The zero-order valence-electron chi connectivity index (χ0n) is 66.3. The molecule has 0 rings (SSSR count). The number of allylic oxidation sites excluding steroid dienone is 24. The van der Waals surface area contributed by atoms with E-state index in [1.54, 1.807) is 0 Å². The minimum atomic E-state index is -4.99. The molecule has 5 unspecified atom stereocenters. The van der Waals surface area contributed by atoms with Gasteiger partial charge in [0.1, 0.15) is 19.3 Å². The molecular weight excluding hydrogens is 1380 g/mol. The van der Waals surface area contributed by atoms with Gasteiger partial charge in [-0.2, -0.15) is 0 Å². The van der Waals surface area contributed by atoms with Crippen LogP contribution in [0.3, 0.4) is 0 Å². The molecule has 0 bridgehead atoms. The van der Waals surface area contributed by atoms with Crippen LogP contribution >= 0.6 is 15.6 Å². The van der Waals surface area contributed by atoms with E-state index in [1.165, 1.54) is 0 Å². The number of carbonyl (C=O) groups is 4. The predicted octanol–water partition coefficient (Wildman–Crippen LogP) is 24.2. The number of carbonyl (C=O) groups excluding carboxylic acids is 4. The third-order valence-corrected chi connectivity index (χ3v) is 18.7. The zero-order valence-corrected chi connectivity index (χ0v) is 68.1. The summed E-state index contributed by atoms with van der Waals surface area (Å²) in [4.78, 5) is 73.1. The van der Waals surface area contributed by atoms with Gasteiger partial charge >= 0.3 is 39.5 Å². The van der Waals surface area contributed by atoms with Crippen LogP contribution in [0.15, 0.2) is 146 Å². The molecule has 0 amide bonds. The number of ether oxygens (including phenoxy) is 4. The van der Waals surface area contributed by atoms with Gasteiger partial charge in [0.15, 0.2) is 12.2 Å². The fourth-order valence-corrected chi connectivity index (χ4v) is 12.2. The molecule has 606 valence electrons. The number of esters is 4. The molecule has 17 nitrogen and oxygen atoms in total. The van der Waals surface area contributed by atoms with Crippen LogP contribution in [-0.4, -0.2) is 96.7 Å². The number of rotatable bonds is 76. The van der Waals surface area contributed by atoms with Crippen LogP contribution in [0.4, 0.5) is 0 Å². The van der Waals surface area contributed by atoms with Crippen LogP contribution in [0, 0.1) is 0 Å². The Hall–Kier alpha value is -5.06. The van der Waals surface area contributed by atoms with Crippen LogP contribution in [0.2, 0.25) is 0 Å². The van der Waals surface area contributed by atoms with E-state index in [9.17, 15) is 43.2 Å². The summed E-state index contributed by atoms with van der Waals surface area (Å²) in [5.41, 5.74) is 0. The predicted molar refractivity (Wildman–Crippen MR) is 436 cm³/mol. The van der Waals surface area contributed by atoms with Gasteiger partial charge in [-0.05, 0) is 154 Å². The molecule has 0 aliphatic heterocycles. The summed E-state index contributed by atoms with van der Waals surface area (Å²) in [6, 6.07) is 0. The number of hydrogen-bond donors (Lipinski definition) is 3. The van der Waals surface area contributed by atoms with Crippen molar-refractivity contribution in [2.24, 2.45) is 0 Å². The van der Waals surface area contributed by atoms with Crippen LogP contribution in [-0.2, 0) is 65.4 Å². The Balaban J connectivity index is 5.38. The van der Waals surface area contributed by atoms with Crippen molar-refractivity contribution in [2.45, 2.75) is 341 Å². The lowest BCUT2D eigenvalue weighted by Gasteiger charge is -2.21. The Morgan fingerprint density at radius 2 is 0.491 bits per heavy atom. The molecule has 0 aromatic heterocycles. The molecule has 0 aromatic carbocycles. The summed E-state index contributed by atoms with van der Waals surface area (Å²) in [6.07, 6.45) is 89.5. The molecular formula is C87H146O17P2. The molecule has 0 fully saturated rings. The van der Waals surface area contributed by atoms with Crippen LogP contribution in [0.25, 0.3) is 0 Å². The number of unbranched alkanes of at least 4 members (excludes halogenated alkanes) is 26. The van der Waals surface area contributed by atoms with Gasteiger partial charge in [-0.3, -0.25) is 37.3 Å². The summed E-state index contributed by atoms with van der Waals surface area (Å²) in [6.45, 7) is 4.44. The SMILES string of the molecule is CC/C=C\C/C=C\C/C=C\C/C=C\CCCCCCCCC(=O)OCC(COP(=O)(O)OCC(O)COP(=O)(O)OCC(COC(=O)CCCCCCCCC/C=C\C/C=C\C/C=C\CC)OC(=O)CCCCCCCCC/C=C\C/C=C\C/C=C\CC)OC(=O)CCCCCCC/C=C\C/C=C\CCC. The maximum Gasteiger partial charge on any atom is 0.472 e. The van der Waals surface area contributed by atoms with E-state index in [0.717, 1.165) is 244 Å². The Bertz CT molecular complexity index is 2580. The first-order valence-electron chi connectivity index (χ1n) is 41.1. The molecule has 0 spiro atoms. The molecule has 0 aromatic rings. The number of aliphatic hydroxyl groups excluding tert-OH is 1. The second kappa shape index (κ2) is 78.1. The van der Waals surface area contributed by atoms with Gasteiger partial charge in [-0.1, -0.05) is 289 Å². The first-order valence-corrected chi connectivity index (χ1v) is 44.1. The Labute approximate surface area is 643 Å². The highest BCUT2D eigenvalue weighted by Gasteiger charge is 2.30. The van der Waals surface area contributed by atoms with Crippen molar-refractivity contribution in [1.29, 1.82) is 0 Å². The monoisotopic (exact) mass is 1530 g/mol. The highest BCUT2D eigenvalue weighted by atomic mass is 31.2. The molecule has 3 N–H and O–H groups in total. The van der Waals surface area contributed by atoms with Crippen LogP contribution in [0.1, 0.15) is 323 Å². The number of hydrogen-bond acceptors (Lipinski definition) is 15.